The smallest absolute Gasteiger partial charge is 0.246 e. The third kappa shape index (κ3) is 3.87. The molecule has 0 saturated heterocycles. The predicted molar refractivity (Wildman–Crippen MR) is 113 cm³/mol. The SMILES string of the molecule is C[C@@H](Nc1ccc(-c2nc3ccccc3s2)cc1)C(=O)Nc1ccccc1F. The van der Waals surface area contributed by atoms with Gasteiger partial charge in [-0.3, -0.25) is 4.79 Å². The number of thiazole rings is 1. The number of carbonyl (C=O) groups is 1. The van der Waals surface area contributed by atoms with Crippen LogP contribution >= 0.6 is 11.3 Å². The fourth-order valence-corrected chi connectivity index (χ4v) is 3.79. The number of nitrogens with zero attached hydrogens (tertiary/aromatic N) is 1. The van der Waals surface area contributed by atoms with Gasteiger partial charge in [0.25, 0.3) is 0 Å². The van der Waals surface area contributed by atoms with Crippen LogP contribution in [-0.4, -0.2) is 16.9 Å². The van der Waals surface area contributed by atoms with Gasteiger partial charge in [-0.15, -0.1) is 11.3 Å². The Hall–Kier alpha value is -3.25. The van der Waals surface area contributed by atoms with Crippen molar-refractivity contribution in [2.75, 3.05) is 10.6 Å². The van der Waals surface area contributed by atoms with E-state index in [4.69, 9.17) is 0 Å². The van der Waals surface area contributed by atoms with Crippen molar-refractivity contribution in [1.29, 1.82) is 0 Å². The van der Waals surface area contributed by atoms with Gasteiger partial charge in [0.05, 0.1) is 15.9 Å². The third-order valence-corrected chi connectivity index (χ3v) is 5.42. The molecule has 0 unspecified atom stereocenters. The normalized spacial score (nSPS) is 11.9. The Morgan fingerprint density at radius 2 is 1.71 bits per heavy atom. The summed E-state index contributed by atoms with van der Waals surface area (Å²) in [5.41, 5.74) is 2.99. The first-order chi connectivity index (χ1) is 13.6. The van der Waals surface area contributed by atoms with Gasteiger partial charge in [0.1, 0.15) is 16.9 Å². The van der Waals surface area contributed by atoms with Gasteiger partial charge >= 0.3 is 0 Å². The number of amides is 1. The van der Waals surface area contributed by atoms with E-state index in [1.54, 1.807) is 30.4 Å². The van der Waals surface area contributed by atoms with Gasteiger partial charge in [-0.25, -0.2) is 9.37 Å². The minimum absolute atomic E-state index is 0.173. The number of halogens is 1. The topological polar surface area (TPSA) is 54.0 Å². The molecule has 0 aliphatic heterocycles. The van der Waals surface area contributed by atoms with E-state index in [9.17, 15) is 9.18 Å². The van der Waals surface area contributed by atoms with Crippen LogP contribution in [0, 0.1) is 5.82 Å². The van der Waals surface area contributed by atoms with Crippen molar-refractivity contribution in [2.24, 2.45) is 0 Å². The second-order valence-corrected chi connectivity index (χ2v) is 7.43. The van der Waals surface area contributed by atoms with Gasteiger partial charge in [0.15, 0.2) is 0 Å². The lowest BCUT2D eigenvalue weighted by Crippen LogP contribution is -2.32. The summed E-state index contributed by atoms with van der Waals surface area (Å²) in [6.45, 7) is 1.73. The monoisotopic (exact) mass is 391 g/mol. The first kappa shape index (κ1) is 18.1. The minimum Gasteiger partial charge on any atom is -0.374 e. The summed E-state index contributed by atoms with van der Waals surface area (Å²) in [5, 5.41) is 6.69. The molecule has 1 heterocycles. The highest BCUT2D eigenvalue weighted by molar-refractivity contribution is 7.21. The molecular formula is C22H18FN3OS. The number of benzene rings is 3. The van der Waals surface area contributed by atoms with Crippen LogP contribution in [0.1, 0.15) is 6.92 Å². The summed E-state index contributed by atoms with van der Waals surface area (Å²) in [4.78, 5) is 17.0. The molecule has 28 heavy (non-hydrogen) atoms. The molecule has 4 aromatic rings. The van der Waals surface area contributed by atoms with Crippen LogP contribution in [0.5, 0.6) is 0 Å². The molecule has 0 bridgehead atoms. The second kappa shape index (κ2) is 7.78. The number of aromatic nitrogens is 1. The quantitative estimate of drug-likeness (QED) is 0.469. The van der Waals surface area contributed by atoms with Crippen LogP contribution < -0.4 is 10.6 Å². The van der Waals surface area contributed by atoms with Gasteiger partial charge in [-0.05, 0) is 55.5 Å². The Labute approximate surface area is 166 Å². The molecule has 3 aromatic carbocycles. The molecule has 0 aliphatic rings. The van der Waals surface area contributed by atoms with Crippen molar-refractivity contribution in [3.63, 3.8) is 0 Å². The Balaban J connectivity index is 1.43. The van der Waals surface area contributed by atoms with E-state index in [-0.39, 0.29) is 11.6 Å². The van der Waals surface area contributed by atoms with E-state index in [0.29, 0.717) is 0 Å². The van der Waals surface area contributed by atoms with E-state index in [1.165, 1.54) is 12.1 Å². The average molecular weight is 391 g/mol. The molecular weight excluding hydrogens is 373 g/mol. The van der Waals surface area contributed by atoms with Gasteiger partial charge < -0.3 is 10.6 Å². The summed E-state index contributed by atoms with van der Waals surface area (Å²) in [5.74, 6) is -0.761. The summed E-state index contributed by atoms with van der Waals surface area (Å²) >= 11 is 1.65. The molecule has 6 heteroatoms. The fourth-order valence-electron chi connectivity index (χ4n) is 2.82. The maximum absolute atomic E-state index is 13.7. The van der Waals surface area contributed by atoms with Gasteiger partial charge in [0, 0.05) is 11.3 Å². The Kier molecular flexibility index (Phi) is 5.04. The maximum atomic E-state index is 13.7. The first-order valence-electron chi connectivity index (χ1n) is 8.88. The largest absolute Gasteiger partial charge is 0.374 e. The zero-order chi connectivity index (χ0) is 19.5. The minimum atomic E-state index is -0.520. The number of para-hydroxylation sites is 2. The summed E-state index contributed by atoms with van der Waals surface area (Å²) in [6, 6.07) is 21.4. The van der Waals surface area contributed by atoms with Crippen LogP contribution in [0.2, 0.25) is 0 Å². The van der Waals surface area contributed by atoms with Crippen molar-refractivity contribution in [3.05, 3.63) is 78.6 Å². The molecule has 0 fully saturated rings. The molecule has 1 atom stereocenters. The summed E-state index contributed by atoms with van der Waals surface area (Å²) < 4.78 is 14.8. The highest BCUT2D eigenvalue weighted by Crippen LogP contribution is 2.30. The van der Waals surface area contributed by atoms with Crippen LogP contribution in [0.15, 0.2) is 72.8 Å². The Bertz CT molecular complexity index is 1090. The molecule has 2 N–H and O–H groups in total. The highest BCUT2D eigenvalue weighted by Gasteiger charge is 2.14. The number of nitrogens with one attached hydrogen (secondary N) is 2. The fraction of sp³-hybridized carbons (Fsp3) is 0.0909. The Morgan fingerprint density at radius 3 is 2.46 bits per heavy atom. The molecule has 0 radical (unpaired) electrons. The Morgan fingerprint density at radius 1 is 1.00 bits per heavy atom. The van der Waals surface area contributed by atoms with Crippen LogP contribution in [0.4, 0.5) is 15.8 Å². The van der Waals surface area contributed by atoms with Crippen LogP contribution in [0.3, 0.4) is 0 Å². The van der Waals surface area contributed by atoms with Crippen molar-refractivity contribution in [1.82, 2.24) is 4.98 Å². The number of carbonyl (C=O) groups excluding carboxylic acids is 1. The predicted octanol–water partition coefficient (Wildman–Crippen LogP) is 5.54. The number of rotatable bonds is 5. The molecule has 1 amide bonds. The summed E-state index contributed by atoms with van der Waals surface area (Å²) in [7, 11) is 0. The molecule has 0 aliphatic carbocycles. The van der Waals surface area contributed by atoms with E-state index in [0.717, 1.165) is 26.5 Å². The zero-order valence-corrected chi connectivity index (χ0v) is 16.0. The van der Waals surface area contributed by atoms with Gasteiger partial charge in [-0.2, -0.15) is 0 Å². The van der Waals surface area contributed by atoms with Crippen molar-refractivity contribution in [3.8, 4) is 10.6 Å². The van der Waals surface area contributed by atoms with Gasteiger partial charge in [-0.1, -0.05) is 24.3 Å². The lowest BCUT2D eigenvalue weighted by molar-refractivity contribution is -0.116. The average Bonchev–Trinajstić information content (AvgIpc) is 3.14. The highest BCUT2D eigenvalue weighted by atomic mass is 32.1. The number of hydrogen-bond acceptors (Lipinski definition) is 4. The second-order valence-electron chi connectivity index (χ2n) is 6.40. The molecule has 0 spiro atoms. The molecule has 1 aromatic heterocycles. The van der Waals surface area contributed by atoms with Crippen molar-refractivity contribution < 1.29 is 9.18 Å². The van der Waals surface area contributed by atoms with E-state index >= 15 is 0 Å². The first-order valence-corrected chi connectivity index (χ1v) is 9.70. The molecule has 140 valence electrons. The molecule has 4 nitrogen and oxygen atoms in total. The van der Waals surface area contributed by atoms with E-state index in [2.05, 4.69) is 21.7 Å². The van der Waals surface area contributed by atoms with Crippen LogP contribution in [-0.2, 0) is 4.79 Å². The number of fused-ring (bicyclic) bond motifs is 1. The molecule has 0 saturated carbocycles. The standard InChI is InChI=1S/C22H18FN3OS/c1-14(21(27)25-18-7-3-2-6-17(18)23)24-16-12-10-15(11-13-16)22-26-19-8-4-5-9-20(19)28-22/h2-14,24H,1H3,(H,25,27)/t14-/m1/s1. The summed E-state index contributed by atoms with van der Waals surface area (Å²) in [6.07, 6.45) is 0. The zero-order valence-electron chi connectivity index (χ0n) is 15.1. The lowest BCUT2D eigenvalue weighted by atomic mass is 10.2. The maximum Gasteiger partial charge on any atom is 0.246 e. The van der Waals surface area contributed by atoms with Crippen LogP contribution in [0.25, 0.3) is 20.8 Å². The van der Waals surface area contributed by atoms with Crippen molar-refractivity contribution in [2.45, 2.75) is 13.0 Å². The molecule has 4 rings (SSSR count). The van der Waals surface area contributed by atoms with E-state index < -0.39 is 11.9 Å². The van der Waals surface area contributed by atoms with Gasteiger partial charge in [0.2, 0.25) is 5.91 Å². The van der Waals surface area contributed by atoms with E-state index in [1.807, 2.05) is 42.5 Å². The van der Waals surface area contributed by atoms with Crippen molar-refractivity contribution >= 4 is 38.8 Å². The lowest BCUT2D eigenvalue weighted by Gasteiger charge is -2.15. The number of anilines is 2. The number of hydrogen-bond donors (Lipinski definition) is 2. The third-order valence-electron chi connectivity index (χ3n) is 4.33.